The van der Waals surface area contributed by atoms with Crippen LogP contribution in [0.1, 0.15) is 0 Å². The van der Waals surface area contributed by atoms with Gasteiger partial charge in [-0.1, -0.05) is 18.2 Å². The summed E-state index contributed by atoms with van der Waals surface area (Å²) in [6.45, 7) is 0.629. The number of benzene rings is 1. The summed E-state index contributed by atoms with van der Waals surface area (Å²) in [4.78, 5) is 20.9. The van der Waals surface area contributed by atoms with Crippen LogP contribution >= 0.6 is 0 Å². The number of amides is 2. The molecular weight excluding hydrogens is 474 g/mol. The van der Waals surface area contributed by atoms with Gasteiger partial charge in [0.2, 0.25) is 15.9 Å². The van der Waals surface area contributed by atoms with Gasteiger partial charge in [-0.15, -0.1) is 5.10 Å². The Morgan fingerprint density at radius 3 is 2.69 bits per heavy atom. The van der Waals surface area contributed by atoms with Crippen LogP contribution in [0.25, 0.3) is 16.9 Å². The quantitative estimate of drug-likeness (QED) is 0.299. The van der Waals surface area contributed by atoms with E-state index in [9.17, 15) is 13.2 Å². The molecule has 0 radical (unpaired) electrons. The van der Waals surface area contributed by atoms with Gasteiger partial charge in [-0.2, -0.15) is 0 Å². The van der Waals surface area contributed by atoms with Crippen LogP contribution in [0.3, 0.4) is 0 Å². The lowest BCUT2D eigenvalue weighted by atomic mass is 10.2. The number of nitrogens with zero attached hydrogens (tertiary/aromatic N) is 4. The molecule has 2 amide bonds. The van der Waals surface area contributed by atoms with Gasteiger partial charge in [-0.3, -0.25) is 10.0 Å². The van der Waals surface area contributed by atoms with Crippen LogP contribution in [0.2, 0.25) is 0 Å². The molecule has 0 aliphatic heterocycles. The lowest BCUT2D eigenvalue weighted by molar-refractivity contribution is 0.247. The third-order valence-electron chi connectivity index (χ3n) is 4.60. The van der Waals surface area contributed by atoms with E-state index in [4.69, 9.17) is 9.47 Å². The minimum Gasteiger partial charge on any atom is -0.492 e. The summed E-state index contributed by atoms with van der Waals surface area (Å²) in [5.74, 6) is 1.17. The maximum absolute atomic E-state index is 12.2. The van der Waals surface area contributed by atoms with Crippen molar-refractivity contribution in [3.05, 3.63) is 60.9 Å². The van der Waals surface area contributed by atoms with Gasteiger partial charge < -0.3 is 14.8 Å². The maximum Gasteiger partial charge on any atom is 0.320 e. The monoisotopic (exact) mass is 497 g/mol. The Hall–Kier alpha value is -4.39. The Bertz CT molecular complexity index is 1440. The van der Waals surface area contributed by atoms with Gasteiger partial charge in [0.05, 0.1) is 25.6 Å². The number of aromatic nitrogens is 4. The Morgan fingerprint density at radius 2 is 1.94 bits per heavy atom. The van der Waals surface area contributed by atoms with Crippen LogP contribution in [0.15, 0.2) is 60.9 Å². The van der Waals surface area contributed by atoms with Gasteiger partial charge in [0, 0.05) is 24.0 Å². The standard InChI is InChI=1S/C22H23N7O5S/c1-33-21-18(28-35(2,31)32)12-15(14-24-21)17-8-10-29-20(25-17)13-19(27-29)26-22(30)23-9-11-34-16-6-4-3-5-7-16/h3-8,10,12-14,28H,9,11H2,1-2H3,(H2,23,26,27,30). The molecule has 182 valence electrons. The Morgan fingerprint density at radius 1 is 1.14 bits per heavy atom. The molecular formula is C22H23N7O5S. The Balaban J connectivity index is 1.42. The summed E-state index contributed by atoms with van der Waals surface area (Å²) < 4.78 is 37.9. The van der Waals surface area contributed by atoms with Gasteiger partial charge in [-0.05, 0) is 24.3 Å². The number of carbonyl (C=O) groups is 1. The molecule has 12 nitrogen and oxygen atoms in total. The number of anilines is 2. The predicted octanol–water partition coefficient (Wildman–Crippen LogP) is 2.37. The number of hydrogen-bond donors (Lipinski definition) is 3. The SMILES string of the molecule is COc1ncc(-c2ccn3nc(NC(=O)NCCOc4ccccc4)cc3n2)cc1NS(C)(=O)=O. The van der Waals surface area contributed by atoms with Crippen molar-refractivity contribution >= 4 is 33.2 Å². The molecule has 0 saturated heterocycles. The average Bonchev–Trinajstić information content (AvgIpc) is 3.23. The molecule has 0 fully saturated rings. The number of urea groups is 1. The van der Waals surface area contributed by atoms with Crippen molar-refractivity contribution in [3.63, 3.8) is 0 Å². The van der Waals surface area contributed by atoms with Gasteiger partial charge in [0.1, 0.15) is 18.0 Å². The number of ether oxygens (including phenoxy) is 2. The summed E-state index contributed by atoms with van der Waals surface area (Å²) in [5, 5.41) is 9.63. The van der Waals surface area contributed by atoms with E-state index >= 15 is 0 Å². The highest BCUT2D eigenvalue weighted by atomic mass is 32.2. The van der Waals surface area contributed by atoms with E-state index in [1.807, 2.05) is 30.3 Å². The summed E-state index contributed by atoms with van der Waals surface area (Å²) in [5.41, 5.74) is 1.75. The van der Waals surface area contributed by atoms with Crippen molar-refractivity contribution < 1.29 is 22.7 Å². The normalized spacial score (nSPS) is 11.1. The van der Waals surface area contributed by atoms with Crippen molar-refractivity contribution in [1.82, 2.24) is 24.9 Å². The average molecular weight is 498 g/mol. The number of nitrogens with one attached hydrogen (secondary N) is 3. The molecule has 4 aromatic rings. The third kappa shape index (κ3) is 6.35. The largest absolute Gasteiger partial charge is 0.492 e. The first-order chi connectivity index (χ1) is 16.8. The fourth-order valence-electron chi connectivity index (χ4n) is 3.14. The summed E-state index contributed by atoms with van der Waals surface area (Å²) in [7, 11) is -2.14. The summed E-state index contributed by atoms with van der Waals surface area (Å²) in [6, 6.07) is 13.8. The smallest absolute Gasteiger partial charge is 0.320 e. The van der Waals surface area contributed by atoms with Crippen LogP contribution in [0, 0.1) is 0 Å². The second kappa shape index (κ2) is 10.3. The van der Waals surface area contributed by atoms with Crippen molar-refractivity contribution in [2.24, 2.45) is 0 Å². The topological polar surface area (TPSA) is 149 Å². The zero-order chi connectivity index (χ0) is 24.8. The molecule has 0 saturated carbocycles. The molecule has 1 aromatic carbocycles. The predicted molar refractivity (Wildman–Crippen MR) is 130 cm³/mol. The number of pyridine rings is 1. The van der Waals surface area contributed by atoms with E-state index < -0.39 is 16.1 Å². The number of rotatable bonds is 9. The first-order valence-electron chi connectivity index (χ1n) is 10.4. The van der Waals surface area contributed by atoms with Crippen LogP contribution in [0.4, 0.5) is 16.3 Å². The molecule has 3 N–H and O–H groups in total. The number of para-hydroxylation sites is 1. The number of methoxy groups -OCH3 is 1. The third-order valence-corrected chi connectivity index (χ3v) is 5.19. The zero-order valence-electron chi connectivity index (χ0n) is 18.9. The van der Waals surface area contributed by atoms with E-state index in [1.165, 1.54) is 17.8 Å². The molecule has 0 bridgehead atoms. The first kappa shape index (κ1) is 23.8. The van der Waals surface area contributed by atoms with Gasteiger partial charge in [0.15, 0.2) is 11.5 Å². The number of hydrogen-bond acceptors (Lipinski definition) is 8. The van der Waals surface area contributed by atoms with Crippen LogP contribution in [-0.2, 0) is 10.0 Å². The molecule has 3 aromatic heterocycles. The van der Waals surface area contributed by atoms with E-state index in [1.54, 1.807) is 24.4 Å². The summed E-state index contributed by atoms with van der Waals surface area (Å²) >= 11 is 0. The Kier molecular flexibility index (Phi) is 6.96. The molecule has 4 rings (SSSR count). The highest BCUT2D eigenvalue weighted by Gasteiger charge is 2.13. The van der Waals surface area contributed by atoms with Gasteiger partial charge >= 0.3 is 6.03 Å². The molecule has 0 unspecified atom stereocenters. The van der Waals surface area contributed by atoms with Gasteiger partial charge in [0.25, 0.3) is 0 Å². The fraction of sp³-hybridized carbons (Fsp3) is 0.182. The van der Waals surface area contributed by atoms with E-state index in [-0.39, 0.29) is 11.6 Å². The highest BCUT2D eigenvalue weighted by molar-refractivity contribution is 7.92. The van der Waals surface area contributed by atoms with Crippen molar-refractivity contribution in [3.8, 4) is 22.9 Å². The van der Waals surface area contributed by atoms with Crippen molar-refractivity contribution in [2.75, 3.05) is 36.6 Å². The molecule has 0 aliphatic rings. The minimum atomic E-state index is -3.53. The van der Waals surface area contributed by atoms with E-state index in [0.29, 0.717) is 35.9 Å². The second-order valence-electron chi connectivity index (χ2n) is 7.34. The molecule has 35 heavy (non-hydrogen) atoms. The minimum absolute atomic E-state index is 0.135. The Labute approximate surface area is 201 Å². The van der Waals surface area contributed by atoms with Crippen LogP contribution < -0.4 is 24.8 Å². The molecule has 13 heteroatoms. The zero-order valence-corrected chi connectivity index (χ0v) is 19.7. The van der Waals surface area contributed by atoms with Crippen LogP contribution in [0.5, 0.6) is 11.6 Å². The summed E-state index contributed by atoms with van der Waals surface area (Å²) in [6.07, 6.45) is 4.23. The first-order valence-corrected chi connectivity index (χ1v) is 12.3. The lowest BCUT2D eigenvalue weighted by Gasteiger charge is -2.10. The van der Waals surface area contributed by atoms with E-state index in [0.717, 1.165) is 12.0 Å². The second-order valence-corrected chi connectivity index (χ2v) is 9.09. The number of carbonyl (C=O) groups excluding carboxylic acids is 1. The van der Waals surface area contributed by atoms with Crippen molar-refractivity contribution in [2.45, 2.75) is 0 Å². The maximum atomic E-state index is 12.2. The number of sulfonamides is 1. The number of fused-ring (bicyclic) bond motifs is 1. The fourth-order valence-corrected chi connectivity index (χ4v) is 3.69. The molecule has 0 atom stereocenters. The molecule has 0 aliphatic carbocycles. The van der Waals surface area contributed by atoms with Gasteiger partial charge in [-0.25, -0.2) is 27.7 Å². The highest BCUT2D eigenvalue weighted by Crippen LogP contribution is 2.28. The van der Waals surface area contributed by atoms with E-state index in [2.05, 4.69) is 30.4 Å². The van der Waals surface area contributed by atoms with Crippen LogP contribution in [-0.4, -0.2) is 60.5 Å². The molecule has 3 heterocycles. The molecule has 0 spiro atoms. The van der Waals surface area contributed by atoms with Crippen molar-refractivity contribution in [1.29, 1.82) is 0 Å². The lowest BCUT2D eigenvalue weighted by Crippen LogP contribution is -2.32.